The fourth-order valence-electron chi connectivity index (χ4n) is 7.62. The van der Waals surface area contributed by atoms with Gasteiger partial charge < -0.3 is 9.47 Å². The molecule has 8 aromatic rings. The molecule has 0 fully saturated rings. The Morgan fingerprint density at radius 2 is 0.544 bits per heavy atom. The van der Waals surface area contributed by atoms with Crippen molar-refractivity contribution in [1.82, 2.24) is 0 Å². The molecule has 0 N–H and O–H groups in total. The number of ether oxygens (including phenoxy) is 2. The fourth-order valence-corrected chi connectivity index (χ4v) is 7.62. The van der Waals surface area contributed by atoms with Crippen LogP contribution in [-0.2, 0) is 12.4 Å². The van der Waals surface area contributed by atoms with E-state index < -0.39 is 23.5 Å². The molecule has 4 nitrogen and oxygen atoms in total. The Kier molecular flexibility index (Phi) is 14.7. The molecule has 0 spiro atoms. The van der Waals surface area contributed by atoms with Crippen LogP contribution in [0.3, 0.4) is 0 Å². The van der Waals surface area contributed by atoms with Crippen LogP contribution in [0.1, 0.15) is 66.8 Å². The molecule has 0 amide bonds. The second kappa shape index (κ2) is 21.1. The first kappa shape index (κ1) is 47.4. The Morgan fingerprint density at radius 3 is 0.765 bits per heavy atom. The predicted molar refractivity (Wildman–Crippen MR) is 254 cm³/mol. The van der Waals surface area contributed by atoms with Crippen LogP contribution in [-0.4, -0.2) is 14.2 Å². The first-order chi connectivity index (χ1) is 32.8. The second-order valence-corrected chi connectivity index (χ2v) is 15.2. The Balaban J connectivity index is 0.000000201. The van der Waals surface area contributed by atoms with Gasteiger partial charge in [-0.05, 0) is 140 Å². The molecule has 0 aromatic heterocycles. The Bertz CT molecular complexity index is 2880. The van der Waals surface area contributed by atoms with Gasteiger partial charge in [0.2, 0.25) is 0 Å². The van der Waals surface area contributed by atoms with Gasteiger partial charge in [0.15, 0.2) is 0 Å². The topological polar surface area (TPSA) is 66.0 Å². The highest BCUT2D eigenvalue weighted by atomic mass is 19.4. The summed E-state index contributed by atoms with van der Waals surface area (Å²) in [5.74, 6) is 1.35. The molecule has 0 aliphatic heterocycles. The van der Waals surface area contributed by atoms with Crippen LogP contribution in [0, 0.1) is 22.7 Å². The van der Waals surface area contributed by atoms with E-state index in [1.54, 1.807) is 38.5 Å². The van der Waals surface area contributed by atoms with E-state index in [0.717, 1.165) is 79.9 Å². The molecule has 0 unspecified atom stereocenters. The van der Waals surface area contributed by atoms with Crippen molar-refractivity contribution in [2.24, 2.45) is 0 Å². The maximum Gasteiger partial charge on any atom is 0.416 e. The van der Waals surface area contributed by atoms with Crippen molar-refractivity contribution in [2.45, 2.75) is 12.4 Å². The largest absolute Gasteiger partial charge is 0.497 e. The summed E-state index contributed by atoms with van der Waals surface area (Å²) in [5, 5.41) is 18.4. The van der Waals surface area contributed by atoms with Crippen LogP contribution in [0.15, 0.2) is 206 Å². The van der Waals surface area contributed by atoms with Crippen molar-refractivity contribution in [3.63, 3.8) is 0 Å². The lowest BCUT2D eigenvalue weighted by molar-refractivity contribution is -0.138. The average molecular weight is 911 g/mol. The zero-order valence-electron chi connectivity index (χ0n) is 36.6. The van der Waals surface area contributed by atoms with Crippen molar-refractivity contribution in [2.75, 3.05) is 14.2 Å². The van der Waals surface area contributed by atoms with E-state index in [-0.39, 0.29) is 0 Å². The molecular formula is C58H40F6N2O2. The van der Waals surface area contributed by atoms with Crippen LogP contribution in [0.2, 0.25) is 0 Å². The SMILES string of the molecule is COc1ccc(/C(=C(\c2ccccc2)c2ccc(C#N)cc2)c2ccc(C(F)(F)F)cc2)cc1.COc1ccc(/C(=C(\c2ccccc2)c2ccc(C#N)cc2)c2ccc(C(F)(F)F)cc2)cc1. The van der Waals surface area contributed by atoms with Gasteiger partial charge in [0.25, 0.3) is 0 Å². The normalized spacial score (nSPS) is 12.0. The third-order valence-electron chi connectivity index (χ3n) is 11.0. The van der Waals surface area contributed by atoms with Crippen LogP contribution >= 0.6 is 0 Å². The second-order valence-electron chi connectivity index (χ2n) is 15.2. The number of rotatable bonds is 10. The van der Waals surface area contributed by atoms with Crippen LogP contribution in [0.25, 0.3) is 22.3 Å². The van der Waals surface area contributed by atoms with Crippen LogP contribution < -0.4 is 9.47 Å². The van der Waals surface area contributed by atoms with E-state index in [9.17, 15) is 36.9 Å². The molecule has 0 aliphatic rings. The van der Waals surface area contributed by atoms with Crippen molar-refractivity contribution < 1.29 is 35.8 Å². The summed E-state index contributed by atoms with van der Waals surface area (Å²) in [7, 11) is 3.15. The maximum absolute atomic E-state index is 13.2. The van der Waals surface area contributed by atoms with Gasteiger partial charge in [-0.1, -0.05) is 133 Å². The van der Waals surface area contributed by atoms with E-state index in [1.165, 1.54) is 24.3 Å². The molecule has 0 saturated heterocycles. The highest BCUT2D eigenvalue weighted by Gasteiger charge is 2.31. The summed E-state index contributed by atoms with van der Waals surface area (Å²) in [4.78, 5) is 0. The summed E-state index contributed by atoms with van der Waals surface area (Å²) in [5.41, 5.74) is 9.28. The molecule has 336 valence electrons. The van der Waals surface area contributed by atoms with Gasteiger partial charge in [-0.2, -0.15) is 36.9 Å². The smallest absolute Gasteiger partial charge is 0.416 e. The average Bonchev–Trinajstić information content (AvgIpc) is 3.38. The first-order valence-corrected chi connectivity index (χ1v) is 21.1. The molecule has 0 heterocycles. The lowest BCUT2D eigenvalue weighted by Gasteiger charge is -2.19. The highest BCUT2D eigenvalue weighted by molar-refractivity contribution is 6.05. The summed E-state index contributed by atoms with van der Waals surface area (Å²) < 4.78 is 90.0. The molecule has 68 heavy (non-hydrogen) atoms. The first-order valence-electron chi connectivity index (χ1n) is 21.1. The van der Waals surface area contributed by atoms with E-state index in [4.69, 9.17) is 9.47 Å². The summed E-state index contributed by atoms with van der Waals surface area (Å²) >= 11 is 0. The molecule has 0 bridgehead atoms. The number of methoxy groups -OCH3 is 2. The molecule has 0 radical (unpaired) electrons. The molecular weight excluding hydrogens is 871 g/mol. The van der Waals surface area contributed by atoms with E-state index in [0.29, 0.717) is 33.8 Å². The predicted octanol–water partition coefficient (Wildman–Crippen LogP) is 15.2. The van der Waals surface area contributed by atoms with Crippen LogP contribution in [0.5, 0.6) is 11.5 Å². The van der Waals surface area contributed by atoms with Crippen molar-refractivity contribution in [3.8, 4) is 23.6 Å². The number of nitriles is 2. The van der Waals surface area contributed by atoms with E-state index in [2.05, 4.69) is 12.1 Å². The Hall–Kier alpha value is -8.60. The van der Waals surface area contributed by atoms with Gasteiger partial charge in [-0.15, -0.1) is 0 Å². The standard InChI is InChI=1S/2C29H20F3NO/c2*1-34-26-17-13-24(14-18-26)28(23-11-15-25(16-12-23)29(30,31)32)27(21-5-3-2-4-6-21)22-9-7-20(19-33)8-10-22/h2*2-18H,1H3/b2*28-27+. The molecule has 0 aliphatic carbocycles. The van der Waals surface area contributed by atoms with E-state index >= 15 is 0 Å². The number of hydrogen-bond acceptors (Lipinski definition) is 4. The summed E-state index contributed by atoms with van der Waals surface area (Å²) in [6, 6.07) is 63.1. The monoisotopic (exact) mass is 910 g/mol. The van der Waals surface area contributed by atoms with Gasteiger partial charge in [-0.25, -0.2) is 0 Å². The number of nitrogens with zero attached hydrogens (tertiary/aromatic N) is 2. The molecule has 8 aromatic carbocycles. The van der Waals surface area contributed by atoms with Gasteiger partial charge >= 0.3 is 12.4 Å². The molecule has 0 atom stereocenters. The summed E-state index contributed by atoms with van der Waals surface area (Å²) in [6.07, 6.45) is -8.84. The molecule has 0 saturated carbocycles. The number of hydrogen-bond donors (Lipinski definition) is 0. The van der Waals surface area contributed by atoms with Gasteiger partial charge in [0, 0.05) is 0 Å². The Labute approximate surface area is 390 Å². The quantitative estimate of drug-likeness (QED) is 0.101. The zero-order chi connectivity index (χ0) is 48.3. The molecule has 8 rings (SSSR count). The lowest BCUT2D eigenvalue weighted by atomic mass is 9.85. The number of halogens is 6. The maximum atomic E-state index is 13.2. The third kappa shape index (κ3) is 11.2. The highest BCUT2D eigenvalue weighted by Crippen LogP contribution is 2.41. The van der Waals surface area contributed by atoms with E-state index in [1.807, 2.05) is 133 Å². The minimum absolute atomic E-state index is 0.525. The van der Waals surface area contributed by atoms with Gasteiger partial charge in [-0.3, -0.25) is 0 Å². The number of alkyl halides is 6. The number of benzene rings is 8. The minimum atomic E-state index is -4.42. The molecule has 10 heteroatoms. The lowest BCUT2D eigenvalue weighted by Crippen LogP contribution is -2.05. The fraction of sp³-hybridized carbons (Fsp3) is 0.0690. The van der Waals surface area contributed by atoms with Gasteiger partial charge in [0.1, 0.15) is 11.5 Å². The van der Waals surface area contributed by atoms with Crippen molar-refractivity contribution in [3.05, 3.63) is 273 Å². The Morgan fingerprint density at radius 1 is 0.324 bits per heavy atom. The van der Waals surface area contributed by atoms with Gasteiger partial charge in [0.05, 0.1) is 48.6 Å². The third-order valence-corrected chi connectivity index (χ3v) is 11.0. The zero-order valence-corrected chi connectivity index (χ0v) is 36.6. The van der Waals surface area contributed by atoms with Crippen molar-refractivity contribution in [1.29, 1.82) is 10.5 Å². The van der Waals surface area contributed by atoms with Crippen molar-refractivity contribution >= 4 is 22.3 Å². The summed E-state index contributed by atoms with van der Waals surface area (Å²) in [6.45, 7) is 0. The van der Waals surface area contributed by atoms with Crippen LogP contribution in [0.4, 0.5) is 26.3 Å². The minimum Gasteiger partial charge on any atom is -0.497 e.